The van der Waals surface area contributed by atoms with Gasteiger partial charge in [-0.15, -0.1) is 0 Å². The van der Waals surface area contributed by atoms with E-state index < -0.39 is 5.97 Å². The first-order valence-electron chi connectivity index (χ1n) is 5.42. The Morgan fingerprint density at radius 1 is 1.39 bits per heavy atom. The first-order chi connectivity index (χ1) is 8.65. The maximum absolute atomic E-state index is 10.9. The maximum atomic E-state index is 10.9. The Kier molecular flexibility index (Phi) is 2.19. The van der Waals surface area contributed by atoms with Crippen LogP contribution in [0.4, 0.5) is 0 Å². The average Bonchev–Trinajstić information content (AvgIpc) is 2.93. The van der Waals surface area contributed by atoms with Gasteiger partial charge in [0.15, 0.2) is 11.6 Å². The lowest BCUT2D eigenvalue weighted by atomic mass is 10.2. The number of aryl methyl sites for hydroxylation is 1. The largest absolute Gasteiger partial charge is 0.478 e. The third-order valence-electron chi connectivity index (χ3n) is 2.74. The van der Waals surface area contributed by atoms with Gasteiger partial charge in [-0.3, -0.25) is 4.40 Å². The number of aromatic carboxylic acids is 1. The highest BCUT2D eigenvalue weighted by Crippen LogP contribution is 2.22. The van der Waals surface area contributed by atoms with Crippen LogP contribution in [-0.2, 0) is 0 Å². The van der Waals surface area contributed by atoms with E-state index in [0.29, 0.717) is 11.6 Å². The molecule has 0 aliphatic carbocycles. The molecule has 18 heavy (non-hydrogen) atoms. The molecule has 0 atom stereocenters. The Morgan fingerprint density at radius 2 is 2.22 bits per heavy atom. The van der Waals surface area contributed by atoms with Crippen LogP contribution in [0.15, 0.2) is 41.1 Å². The number of carboxylic acid groups (broad SMARTS) is 1. The summed E-state index contributed by atoms with van der Waals surface area (Å²) < 4.78 is 7.31. The normalized spacial score (nSPS) is 10.9. The van der Waals surface area contributed by atoms with Crippen molar-refractivity contribution < 1.29 is 14.3 Å². The van der Waals surface area contributed by atoms with Crippen molar-refractivity contribution in [3.63, 3.8) is 0 Å². The molecule has 0 aliphatic rings. The minimum atomic E-state index is -0.950. The molecule has 0 fully saturated rings. The van der Waals surface area contributed by atoms with Crippen LogP contribution in [0.1, 0.15) is 16.1 Å². The van der Waals surface area contributed by atoms with E-state index in [0.717, 1.165) is 11.3 Å². The van der Waals surface area contributed by atoms with E-state index in [-0.39, 0.29) is 5.56 Å². The van der Waals surface area contributed by atoms with Crippen LogP contribution in [0.5, 0.6) is 0 Å². The van der Waals surface area contributed by atoms with Crippen molar-refractivity contribution in [2.75, 3.05) is 0 Å². The molecular weight excluding hydrogens is 232 g/mol. The summed E-state index contributed by atoms with van der Waals surface area (Å²) in [5, 5.41) is 8.92. The lowest BCUT2D eigenvalue weighted by molar-refractivity contribution is 0.0697. The van der Waals surface area contributed by atoms with E-state index in [1.165, 1.54) is 6.07 Å². The summed E-state index contributed by atoms with van der Waals surface area (Å²) in [6.45, 7) is 1.86. The quantitative estimate of drug-likeness (QED) is 0.750. The second kappa shape index (κ2) is 3.73. The van der Waals surface area contributed by atoms with Gasteiger partial charge in [-0.2, -0.15) is 0 Å². The number of furan rings is 1. The summed E-state index contributed by atoms with van der Waals surface area (Å²) in [5.41, 5.74) is 0.962. The molecule has 0 radical (unpaired) electrons. The number of rotatable bonds is 2. The van der Waals surface area contributed by atoms with Crippen molar-refractivity contribution in [1.29, 1.82) is 0 Å². The lowest BCUT2D eigenvalue weighted by Gasteiger charge is -1.99. The lowest BCUT2D eigenvalue weighted by Crippen LogP contribution is -1.97. The number of hydrogen-bond acceptors (Lipinski definition) is 3. The first-order valence-corrected chi connectivity index (χ1v) is 5.42. The molecule has 0 bridgehead atoms. The summed E-state index contributed by atoms with van der Waals surface area (Å²) in [5.74, 6) is 1.18. The highest BCUT2D eigenvalue weighted by Gasteiger charge is 2.11. The molecule has 0 spiro atoms. The molecule has 3 aromatic heterocycles. The average molecular weight is 242 g/mol. The van der Waals surface area contributed by atoms with Crippen LogP contribution in [0.25, 0.3) is 17.1 Å². The van der Waals surface area contributed by atoms with Crippen LogP contribution >= 0.6 is 0 Å². The molecule has 90 valence electrons. The summed E-state index contributed by atoms with van der Waals surface area (Å²) in [6.07, 6.45) is 3.30. The Labute approximate surface area is 102 Å². The number of pyridine rings is 1. The predicted molar refractivity (Wildman–Crippen MR) is 64.6 cm³/mol. The van der Waals surface area contributed by atoms with Crippen molar-refractivity contribution in [3.8, 4) is 11.6 Å². The zero-order valence-corrected chi connectivity index (χ0v) is 9.62. The number of aromatic nitrogens is 2. The van der Waals surface area contributed by atoms with E-state index in [1.807, 2.05) is 19.1 Å². The Balaban J connectivity index is 2.18. The number of imidazole rings is 1. The molecule has 5 nitrogen and oxygen atoms in total. The number of hydrogen-bond donors (Lipinski definition) is 1. The second-order valence-corrected chi connectivity index (χ2v) is 4.01. The van der Waals surface area contributed by atoms with E-state index in [9.17, 15) is 4.79 Å². The fraction of sp³-hybridized carbons (Fsp3) is 0.0769. The molecule has 1 N–H and O–H groups in total. The highest BCUT2D eigenvalue weighted by molar-refractivity contribution is 5.89. The fourth-order valence-electron chi connectivity index (χ4n) is 1.87. The zero-order valence-electron chi connectivity index (χ0n) is 9.62. The molecule has 5 heteroatoms. The first kappa shape index (κ1) is 10.6. The van der Waals surface area contributed by atoms with Crippen molar-refractivity contribution in [2.45, 2.75) is 6.92 Å². The number of fused-ring (bicyclic) bond motifs is 1. The third kappa shape index (κ3) is 1.57. The number of carbonyl (C=O) groups is 1. The summed E-state index contributed by atoms with van der Waals surface area (Å²) in [4.78, 5) is 15.1. The van der Waals surface area contributed by atoms with Gasteiger partial charge in [0.1, 0.15) is 5.76 Å². The fourth-order valence-corrected chi connectivity index (χ4v) is 1.87. The van der Waals surface area contributed by atoms with Gasteiger partial charge in [0.05, 0.1) is 17.3 Å². The van der Waals surface area contributed by atoms with E-state index in [4.69, 9.17) is 9.52 Å². The molecular formula is C13H10N2O3. The van der Waals surface area contributed by atoms with Crippen LogP contribution in [-0.4, -0.2) is 20.5 Å². The van der Waals surface area contributed by atoms with E-state index in [2.05, 4.69) is 4.98 Å². The van der Waals surface area contributed by atoms with Crippen LogP contribution in [0, 0.1) is 6.92 Å². The van der Waals surface area contributed by atoms with Crippen LogP contribution in [0.3, 0.4) is 0 Å². The van der Waals surface area contributed by atoms with Gasteiger partial charge in [0, 0.05) is 6.20 Å². The van der Waals surface area contributed by atoms with Gasteiger partial charge in [0.25, 0.3) is 0 Å². The van der Waals surface area contributed by atoms with Crippen molar-refractivity contribution in [1.82, 2.24) is 9.38 Å². The third-order valence-corrected chi connectivity index (χ3v) is 2.74. The summed E-state index contributed by atoms with van der Waals surface area (Å²) >= 11 is 0. The Morgan fingerprint density at radius 3 is 2.89 bits per heavy atom. The summed E-state index contributed by atoms with van der Waals surface area (Å²) in [7, 11) is 0. The molecule has 0 amide bonds. The number of carboxylic acids is 1. The minimum absolute atomic E-state index is 0.240. The molecule has 3 rings (SSSR count). The molecule has 0 saturated heterocycles. The smallest absolute Gasteiger partial charge is 0.335 e. The molecule has 0 aromatic carbocycles. The Hall–Kier alpha value is -2.56. The van der Waals surface area contributed by atoms with Gasteiger partial charge >= 0.3 is 5.97 Å². The zero-order chi connectivity index (χ0) is 12.7. The van der Waals surface area contributed by atoms with Crippen LogP contribution in [0.2, 0.25) is 0 Å². The second-order valence-electron chi connectivity index (χ2n) is 4.01. The highest BCUT2D eigenvalue weighted by atomic mass is 16.4. The molecule has 3 aromatic rings. The summed E-state index contributed by atoms with van der Waals surface area (Å²) in [6, 6.07) is 6.82. The molecule has 0 unspecified atom stereocenters. The van der Waals surface area contributed by atoms with Crippen molar-refractivity contribution >= 4 is 11.5 Å². The molecule has 0 saturated carbocycles. The van der Waals surface area contributed by atoms with Crippen LogP contribution < -0.4 is 0 Å². The van der Waals surface area contributed by atoms with E-state index in [1.54, 1.807) is 22.9 Å². The Bertz CT molecular complexity index is 740. The standard InChI is InChI=1S/C13H10N2O3/c1-8-2-3-11(18-8)12-14-7-10-6-9(13(16)17)4-5-15(10)12/h2-7H,1H3,(H,16,17). The van der Waals surface area contributed by atoms with Crippen molar-refractivity contribution in [2.24, 2.45) is 0 Å². The van der Waals surface area contributed by atoms with Gasteiger partial charge in [0.2, 0.25) is 0 Å². The number of nitrogens with zero attached hydrogens (tertiary/aromatic N) is 2. The van der Waals surface area contributed by atoms with Gasteiger partial charge < -0.3 is 9.52 Å². The SMILES string of the molecule is Cc1ccc(-c2ncc3cc(C(=O)O)ccn23)o1. The van der Waals surface area contributed by atoms with Crippen molar-refractivity contribution in [3.05, 3.63) is 48.0 Å². The monoisotopic (exact) mass is 242 g/mol. The topological polar surface area (TPSA) is 67.7 Å². The predicted octanol–water partition coefficient (Wildman–Crippen LogP) is 2.60. The van der Waals surface area contributed by atoms with E-state index >= 15 is 0 Å². The maximum Gasteiger partial charge on any atom is 0.335 e. The molecule has 3 heterocycles. The molecule has 0 aliphatic heterocycles. The van der Waals surface area contributed by atoms with Gasteiger partial charge in [-0.1, -0.05) is 0 Å². The minimum Gasteiger partial charge on any atom is -0.478 e. The van der Waals surface area contributed by atoms with Gasteiger partial charge in [-0.05, 0) is 31.2 Å². The van der Waals surface area contributed by atoms with Gasteiger partial charge in [-0.25, -0.2) is 9.78 Å².